The Morgan fingerprint density at radius 1 is 1.46 bits per heavy atom. The summed E-state index contributed by atoms with van der Waals surface area (Å²) in [6.45, 7) is 2.45. The Morgan fingerprint density at radius 2 is 2.29 bits per heavy atom. The molecule has 0 saturated carbocycles. The number of halogens is 1. The molecule has 1 N–H and O–H groups in total. The second-order valence-corrected chi connectivity index (χ2v) is 7.60. The van der Waals surface area contributed by atoms with Gasteiger partial charge in [-0.2, -0.15) is 0 Å². The maximum atomic E-state index is 12.4. The molecule has 24 heavy (non-hydrogen) atoms. The van der Waals surface area contributed by atoms with Gasteiger partial charge in [-0.3, -0.25) is 9.59 Å². The van der Waals surface area contributed by atoms with Crippen LogP contribution in [-0.2, 0) is 16.0 Å². The van der Waals surface area contributed by atoms with Gasteiger partial charge in [0.2, 0.25) is 16.9 Å². The van der Waals surface area contributed by atoms with Crippen molar-refractivity contribution in [1.29, 1.82) is 0 Å². The van der Waals surface area contributed by atoms with Crippen molar-refractivity contribution >= 4 is 49.9 Å². The van der Waals surface area contributed by atoms with E-state index in [1.54, 1.807) is 4.90 Å². The maximum Gasteiger partial charge on any atom is 0.231 e. The van der Waals surface area contributed by atoms with E-state index < -0.39 is 0 Å². The predicted molar refractivity (Wildman–Crippen MR) is 97.1 cm³/mol. The van der Waals surface area contributed by atoms with Crippen LogP contribution in [0, 0.1) is 5.92 Å². The zero-order valence-corrected chi connectivity index (χ0v) is 15.6. The Bertz CT molecular complexity index is 764. The van der Waals surface area contributed by atoms with Gasteiger partial charge >= 0.3 is 0 Å². The number of rotatable bonds is 5. The van der Waals surface area contributed by atoms with Crippen molar-refractivity contribution in [1.82, 2.24) is 10.2 Å². The maximum absolute atomic E-state index is 12.4. The third-order valence-corrected chi connectivity index (χ3v) is 5.17. The van der Waals surface area contributed by atoms with E-state index in [4.69, 9.17) is 0 Å². The lowest BCUT2D eigenvalue weighted by Gasteiger charge is -2.16. The number of hydrogen-bond acceptors (Lipinski definition) is 5. The highest BCUT2D eigenvalue weighted by atomic mass is 79.9. The standard InChI is InChI=1S/C16H17BrN4O2S/c1-2-4-13-19-20-16(24-13)18-15(23)10-7-14(22)21(9-10)12-6-3-5-11(17)8-12/h3,5-6,8,10H,2,4,7,9H2,1H3,(H,18,20,23). The number of hydrogen-bond donors (Lipinski definition) is 1. The van der Waals surface area contributed by atoms with E-state index >= 15 is 0 Å². The molecule has 0 spiro atoms. The summed E-state index contributed by atoms with van der Waals surface area (Å²) < 4.78 is 0.901. The number of anilines is 2. The summed E-state index contributed by atoms with van der Waals surface area (Å²) in [6, 6.07) is 7.51. The summed E-state index contributed by atoms with van der Waals surface area (Å²) in [5.41, 5.74) is 0.797. The first-order valence-corrected chi connectivity index (χ1v) is 9.37. The number of nitrogens with zero attached hydrogens (tertiary/aromatic N) is 3. The van der Waals surface area contributed by atoms with Crippen molar-refractivity contribution in [2.75, 3.05) is 16.8 Å². The van der Waals surface area contributed by atoms with Crippen LogP contribution in [-0.4, -0.2) is 28.6 Å². The quantitative estimate of drug-likeness (QED) is 0.823. The minimum atomic E-state index is -0.380. The Morgan fingerprint density at radius 3 is 3.04 bits per heavy atom. The molecule has 1 aromatic heterocycles. The second kappa shape index (κ2) is 7.40. The van der Waals surface area contributed by atoms with Gasteiger partial charge in [0, 0.05) is 29.5 Å². The zero-order valence-electron chi connectivity index (χ0n) is 13.2. The second-order valence-electron chi connectivity index (χ2n) is 5.63. The van der Waals surface area contributed by atoms with Crippen LogP contribution in [0.2, 0.25) is 0 Å². The summed E-state index contributed by atoms with van der Waals surface area (Å²) >= 11 is 4.79. The fourth-order valence-corrected chi connectivity index (χ4v) is 3.83. The van der Waals surface area contributed by atoms with Crippen LogP contribution < -0.4 is 10.2 Å². The molecule has 2 amide bonds. The molecule has 0 radical (unpaired) electrons. The van der Waals surface area contributed by atoms with Crippen molar-refractivity contribution in [2.24, 2.45) is 5.92 Å². The molecule has 3 rings (SSSR count). The fourth-order valence-electron chi connectivity index (χ4n) is 2.60. The molecule has 2 aromatic rings. The summed E-state index contributed by atoms with van der Waals surface area (Å²) in [5, 5.41) is 12.2. The number of carbonyl (C=O) groups excluding carboxylic acids is 2. The lowest BCUT2D eigenvalue weighted by Crippen LogP contribution is -2.28. The van der Waals surface area contributed by atoms with Crippen LogP contribution >= 0.6 is 27.3 Å². The lowest BCUT2D eigenvalue weighted by molar-refractivity contribution is -0.122. The van der Waals surface area contributed by atoms with Gasteiger partial charge in [-0.25, -0.2) is 0 Å². The zero-order chi connectivity index (χ0) is 17.1. The predicted octanol–water partition coefficient (Wildman–Crippen LogP) is 3.24. The first kappa shape index (κ1) is 17.0. The van der Waals surface area contributed by atoms with Crippen molar-refractivity contribution in [3.8, 4) is 0 Å². The molecule has 1 atom stereocenters. The Kier molecular flexibility index (Phi) is 5.25. The number of benzene rings is 1. The number of aromatic nitrogens is 2. The van der Waals surface area contributed by atoms with Crippen molar-refractivity contribution in [3.05, 3.63) is 33.7 Å². The Hall–Kier alpha value is -1.80. The molecule has 1 aliphatic heterocycles. The Labute approximate surface area is 152 Å². The number of carbonyl (C=O) groups is 2. The Balaban J connectivity index is 1.65. The number of aryl methyl sites for hydroxylation is 1. The van der Waals surface area contributed by atoms with E-state index in [9.17, 15) is 9.59 Å². The van der Waals surface area contributed by atoms with Crippen LogP contribution in [0.15, 0.2) is 28.7 Å². The average Bonchev–Trinajstić information content (AvgIpc) is 3.14. The van der Waals surface area contributed by atoms with Crippen molar-refractivity contribution in [2.45, 2.75) is 26.2 Å². The average molecular weight is 409 g/mol. The molecule has 0 aliphatic carbocycles. The van der Waals surface area contributed by atoms with Gasteiger partial charge in [0.05, 0.1) is 5.92 Å². The molecule has 8 heteroatoms. The third kappa shape index (κ3) is 3.81. The third-order valence-electron chi connectivity index (χ3n) is 3.78. The van der Waals surface area contributed by atoms with Gasteiger partial charge in [0.25, 0.3) is 0 Å². The van der Waals surface area contributed by atoms with Gasteiger partial charge in [0.15, 0.2) is 0 Å². The van der Waals surface area contributed by atoms with E-state index in [1.807, 2.05) is 24.3 Å². The number of amides is 2. The normalized spacial score (nSPS) is 17.3. The van der Waals surface area contributed by atoms with E-state index in [0.717, 1.165) is 28.0 Å². The highest BCUT2D eigenvalue weighted by Gasteiger charge is 2.35. The molecule has 1 aliphatic rings. The molecule has 6 nitrogen and oxygen atoms in total. The monoisotopic (exact) mass is 408 g/mol. The number of nitrogens with one attached hydrogen (secondary N) is 1. The van der Waals surface area contributed by atoms with Gasteiger partial charge in [-0.1, -0.05) is 40.3 Å². The molecule has 1 saturated heterocycles. The van der Waals surface area contributed by atoms with Crippen LogP contribution in [0.25, 0.3) is 0 Å². The van der Waals surface area contributed by atoms with Crippen LogP contribution in [0.3, 0.4) is 0 Å². The minimum absolute atomic E-state index is 0.0443. The fraction of sp³-hybridized carbons (Fsp3) is 0.375. The summed E-state index contributed by atoms with van der Waals surface area (Å²) in [5.74, 6) is -0.604. The summed E-state index contributed by atoms with van der Waals surface area (Å²) in [4.78, 5) is 26.3. The molecule has 1 unspecified atom stereocenters. The largest absolute Gasteiger partial charge is 0.312 e. The highest BCUT2D eigenvalue weighted by Crippen LogP contribution is 2.28. The first-order valence-electron chi connectivity index (χ1n) is 7.76. The molecule has 2 heterocycles. The van der Waals surface area contributed by atoms with Gasteiger partial charge in [-0.15, -0.1) is 10.2 Å². The lowest BCUT2D eigenvalue weighted by atomic mass is 10.1. The van der Waals surface area contributed by atoms with Crippen LogP contribution in [0.4, 0.5) is 10.8 Å². The molecular formula is C16H17BrN4O2S. The van der Waals surface area contributed by atoms with Crippen molar-refractivity contribution in [3.63, 3.8) is 0 Å². The van der Waals surface area contributed by atoms with Crippen molar-refractivity contribution < 1.29 is 9.59 Å². The molecule has 1 fully saturated rings. The molecule has 1 aromatic carbocycles. The first-order chi connectivity index (χ1) is 11.6. The SMILES string of the molecule is CCCc1nnc(NC(=O)C2CC(=O)N(c3cccc(Br)c3)C2)s1. The van der Waals surface area contributed by atoms with Gasteiger partial charge < -0.3 is 10.2 Å². The van der Waals surface area contributed by atoms with Crippen LogP contribution in [0.1, 0.15) is 24.8 Å². The van der Waals surface area contributed by atoms with Gasteiger partial charge in [-0.05, 0) is 24.6 Å². The van der Waals surface area contributed by atoms with E-state index in [-0.39, 0.29) is 24.2 Å². The van der Waals surface area contributed by atoms with E-state index in [1.165, 1.54) is 11.3 Å². The molecular weight excluding hydrogens is 392 g/mol. The molecule has 0 bridgehead atoms. The molecule has 126 valence electrons. The smallest absolute Gasteiger partial charge is 0.231 e. The minimum Gasteiger partial charge on any atom is -0.312 e. The van der Waals surface area contributed by atoms with E-state index in [0.29, 0.717) is 11.7 Å². The van der Waals surface area contributed by atoms with Gasteiger partial charge in [0.1, 0.15) is 5.01 Å². The van der Waals surface area contributed by atoms with Crippen LogP contribution in [0.5, 0.6) is 0 Å². The van der Waals surface area contributed by atoms with E-state index in [2.05, 4.69) is 38.4 Å². The summed E-state index contributed by atoms with van der Waals surface area (Å²) in [6.07, 6.45) is 2.05. The topological polar surface area (TPSA) is 75.2 Å². The highest BCUT2D eigenvalue weighted by molar-refractivity contribution is 9.10. The summed E-state index contributed by atoms with van der Waals surface area (Å²) in [7, 11) is 0.